The monoisotopic (exact) mass is 304 g/mol. The van der Waals surface area contributed by atoms with E-state index in [-0.39, 0.29) is 5.97 Å². The Labute approximate surface area is 97.8 Å². The third-order valence-corrected chi connectivity index (χ3v) is 2.57. The molecular weight excluding hydrogens is 291 g/mol. The number of benzene rings is 1. The van der Waals surface area contributed by atoms with Crippen LogP contribution in [-0.2, 0) is 16.0 Å². The van der Waals surface area contributed by atoms with Crippen molar-refractivity contribution in [1.29, 1.82) is 0 Å². The molecule has 1 unspecified atom stereocenters. The van der Waals surface area contributed by atoms with Gasteiger partial charge in [-0.15, -0.1) is 0 Å². The summed E-state index contributed by atoms with van der Waals surface area (Å²) in [6, 6.07) is 10.2. The molecule has 0 aliphatic heterocycles. The summed E-state index contributed by atoms with van der Waals surface area (Å²) in [6.45, 7) is 1.93. The van der Waals surface area contributed by atoms with E-state index in [2.05, 4.69) is 34.7 Å². The van der Waals surface area contributed by atoms with Crippen molar-refractivity contribution in [2.75, 3.05) is 6.61 Å². The minimum absolute atomic E-state index is 0.209. The van der Waals surface area contributed by atoms with Crippen molar-refractivity contribution in [2.45, 2.75) is 17.3 Å². The highest BCUT2D eigenvalue weighted by molar-refractivity contribution is 14.1. The summed E-state index contributed by atoms with van der Waals surface area (Å²) >= 11 is 2.30. The number of alkyl halides is 1. The quantitative estimate of drug-likeness (QED) is 0.485. The molecule has 0 bridgehead atoms. The predicted octanol–water partition coefficient (Wildman–Crippen LogP) is 2.60. The molecule has 1 aromatic rings. The Hall–Kier alpha value is -0.580. The van der Waals surface area contributed by atoms with Crippen molar-refractivity contribution in [3.63, 3.8) is 0 Å². The van der Waals surface area contributed by atoms with Crippen LogP contribution in [0.2, 0.25) is 0 Å². The number of esters is 1. The third-order valence-electron chi connectivity index (χ3n) is 1.77. The molecule has 0 radical (unpaired) electrons. The van der Waals surface area contributed by atoms with Crippen molar-refractivity contribution in [2.24, 2.45) is 0 Å². The zero-order valence-corrected chi connectivity index (χ0v) is 10.2. The molecule has 0 amide bonds. The van der Waals surface area contributed by atoms with Crippen LogP contribution in [0.15, 0.2) is 30.3 Å². The maximum atomic E-state index is 10.6. The average Bonchev–Trinajstić information content (AvgIpc) is 2.16. The summed E-state index contributed by atoms with van der Waals surface area (Å²) in [7, 11) is 0. The summed E-state index contributed by atoms with van der Waals surface area (Å²) in [4.78, 5) is 10.6. The lowest BCUT2D eigenvalue weighted by Crippen LogP contribution is -2.13. The first-order chi connectivity index (χ1) is 6.68. The zero-order chi connectivity index (χ0) is 10.4. The number of carbonyl (C=O) groups excluding carboxylic acids is 1. The molecule has 0 aliphatic rings. The third kappa shape index (κ3) is 4.60. The lowest BCUT2D eigenvalue weighted by Gasteiger charge is -2.09. The molecule has 14 heavy (non-hydrogen) atoms. The minimum atomic E-state index is -0.209. The van der Waals surface area contributed by atoms with E-state index in [1.165, 1.54) is 12.5 Å². The maximum Gasteiger partial charge on any atom is 0.302 e. The largest absolute Gasteiger partial charge is 0.465 e. The fourth-order valence-electron chi connectivity index (χ4n) is 1.14. The number of hydrogen-bond acceptors (Lipinski definition) is 2. The van der Waals surface area contributed by atoms with Gasteiger partial charge in [-0.1, -0.05) is 52.9 Å². The van der Waals surface area contributed by atoms with E-state index in [4.69, 9.17) is 4.74 Å². The van der Waals surface area contributed by atoms with E-state index < -0.39 is 0 Å². The summed E-state index contributed by atoms with van der Waals surface area (Å²) in [5.41, 5.74) is 1.28. The van der Waals surface area contributed by atoms with Crippen LogP contribution in [0, 0.1) is 0 Å². The molecule has 0 aliphatic carbocycles. The van der Waals surface area contributed by atoms with Gasteiger partial charge in [0, 0.05) is 10.8 Å². The topological polar surface area (TPSA) is 26.3 Å². The zero-order valence-electron chi connectivity index (χ0n) is 8.07. The molecular formula is C11H13IO2. The lowest BCUT2D eigenvalue weighted by atomic mass is 10.1. The van der Waals surface area contributed by atoms with Gasteiger partial charge in [-0.25, -0.2) is 0 Å². The first-order valence-corrected chi connectivity index (χ1v) is 5.74. The highest BCUT2D eigenvalue weighted by Gasteiger charge is 2.06. The highest BCUT2D eigenvalue weighted by Crippen LogP contribution is 2.10. The standard InChI is InChI=1S/C11H13IO2/c1-9(13)14-8-11(12)7-10-5-3-2-4-6-10/h2-6,11H,7-8H2,1H3. The molecule has 3 heteroatoms. The SMILES string of the molecule is CC(=O)OCC(I)Cc1ccccc1. The van der Waals surface area contributed by atoms with E-state index in [0.29, 0.717) is 10.5 Å². The average molecular weight is 304 g/mol. The number of hydrogen-bond donors (Lipinski definition) is 0. The van der Waals surface area contributed by atoms with Crippen LogP contribution in [-0.4, -0.2) is 16.5 Å². The summed E-state index contributed by atoms with van der Waals surface area (Å²) in [6.07, 6.45) is 0.939. The Balaban J connectivity index is 2.34. The molecule has 0 saturated heterocycles. The van der Waals surface area contributed by atoms with Crippen LogP contribution in [0.25, 0.3) is 0 Å². The predicted molar refractivity (Wildman–Crippen MR) is 64.6 cm³/mol. The van der Waals surface area contributed by atoms with Crippen molar-refractivity contribution in [3.05, 3.63) is 35.9 Å². The summed E-state index contributed by atoms with van der Waals surface area (Å²) < 4.78 is 5.28. The molecule has 76 valence electrons. The molecule has 0 spiro atoms. The first-order valence-electron chi connectivity index (χ1n) is 4.50. The second-order valence-electron chi connectivity index (χ2n) is 3.09. The van der Waals surface area contributed by atoms with Gasteiger partial charge in [0.1, 0.15) is 6.61 Å². The van der Waals surface area contributed by atoms with Crippen molar-refractivity contribution < 1.29 is 9.53 Å². The first kappa shape index (κ1) is 11.5. The van der Waals surface area contributed by atoms with Gasteiger partial charge in [-0.3, -0.25) is 4.79 Å². The van der Waals surface area contributed by atoms with Crippen molar-refractivity contribution >= 4 is 28.6 Å². The molecule has 1 atom stereocenters. The second kappa shape index (κ2) is 6.01. The van der Waals surface area contributed by atoms with Gasteiger partial charge >= 0.3 is 5.97 Å². The molecule has 0 N–H and O–H groups in total. The molecule has 0 aromatic heterocycles. The second-order valence-corrected chi connectivity index (χ2v) is 4.85. The van der Waals surface area contributed by atoms with Gasteiger partial charge in [0.25, 0.3) is 0 Å². The Morgan fingerprint density at radius 1 is 1.43 bits per heavy atom. The van der Waals surface area contributed by atoms with Gasteiger partial charge in [0.2, 0.25) is 0 Å². The molecule has 0 fully saturated rings. The molecule has 0 saturated carbocycles. The summed E-state index contributed by atoms with van der Waals surface area (Å²) in [5, 5.41) is 0. The van der Waals surface area contributed by atoms with E-state index >= 15 is 0 Å². The van der Waals surface area contributed by atoms with Crippen LogP contribution >= 0.6 is 22.6 Å². The number of rotatable bonds is 4. The van der Waals surface area contributed by atoms with Crippen LogP contribution < -0.4 is 0 Å². The summed E-state index contributed by atoms with van der Waals surface area (Å²) in [5.74, 6) is -0.209. The fraction of sp³-hybridized carbons (Fsp3) is 0.364. The van der Waals surface area contributed by atoms with E-state index in [0.717, 1.165) is 6.42 Å². The molecule has 1 rings (SSSR count). The number of halogens is 1. The Kier molecular flexibility index (Phi) is 4.93. The van der Waals surface area contributed by atoms with Crippen molar-refractivity contribution in [1.82, 2.24) is 0 Å². The molecule has 0 heterocycles. The maximum absolute atomic E-state index is 10.6. The molecule has 1 aromatic carbocycles. The van der Waals surface area contributed by atoms with E-state index in [9.17, 15) is 4.79 Å². The Bertz CT molecular complexity index is 285. The smallest absolute Gasteiger partial charge is 0.302 e. The van der Waals surface area contributed by atoms with Gasteiger partial charge in [0.05, 0.1) is 0 Å². The van der Waals surface area contributed by atoms with Crippen molar-refractivity contribution in [3.8, 4) is 0 Å². The number of carbonyl (C=O) groups is 1. The van der Waals surface area contributed by atoms with E-state index in [1.54, 1.807) is 0 Å². The normalized spacial score (nSPS) is 12.1. The molecule has 2 nitrogen and oxygen atoms in total. The Morgan fingerprint density at radius 2 is 2.07 bits per heavy atom. The van der Waals surface area contributed by atoms with Gasteiger partial charge in [-0.05, 0) is 12.0 Å². The van der Waals surface area contributed by atoms with E-state index in [1.807, 2.05) is 18.2 Å². The van der Waals surface area contributed by atoms with Crippen LogP contribution in [0.3, 0.4) is 0 Å². The van der Waals surface area contributed by atoms with Crippen LogP contribution in [0.4, 0.5) is 0 Å². The minimum Gasteiger partial charge on any atom is -0.465 e. The Morgan fingerprint density at radius 3 is 2.64 bits per heavy atom. The van der Waals surface area contributed by atoms with Gasteiger partial charge in [0.15, 0.2) is 0 Å². The van der Waals surface area contributed by atoms with Crippen LogP contribution in [0.5, 0.6) is 0 Å². The van der Waals surface area contributed by atoms with Gasteiger partial charge in [-0.2, -0.15) is 0 Å². The highest BCUT2D eigenvalue weighted by atomic mass is 127. The fourth-order valence-corrected chi connectivity index (χ4v) is 1.82. The van der Waals surface area contributed by atoms with Crippen LogP contribution in [0.1, 0.15) is 12.5 Å². The number of ether oxygens (including phenoxy) is 1. The van der Waals surface area contributed by atoms with Gasteiger partial charge < -0.3 is 4.74 Å². The lowest BCUT2D eigenvalue weighted by molar-refractivity contribution is -0.140.